The Kier molecular flexibility index (Phi) is 4.34. The minimum absolute atomic E-state index is 0.375. The average molecular weight is 256 g/mol. The van der Waals surface area contributed by atoms with Crippen molar-refractivity contribution in [1.82, 2.24) is 9.97 Å². The maximum absolute atomic E-state index is 4.51. The molecule has 0 aliphatic rings. The van der Waals surface area contributed by atoms with Crippen molar-refractivity contribution in [3.8, 4) is 0 Å². The summed E-state index contributed by atoms with van der Waals surface area (Å²) < 4.78 is 0. The molecule has 1 aromatic carbocycles. The molecule has 19 heavy (non-hydrogen) atoms. The lowest BCUT2D eigenvalue weighted by Gasteiger charge is -2.28. The largest absolute Gasteiger partial charge is 0.357 e. The predicted molar refractivity (Wildman–Crippen MR) is 79.3 cm³/mol. The fourth-order valence-electron chi connectivity index (χ4n) is 1.94. The summed E-state index contributed by atoms with van der Waals surface area (Å²) in [5, 5.41) is 2.98. The maximum atomic E-state index is 4.51. The third-order valence-electron chi connectivity index (χ3n) is 2.98. The number of benzene rings is 1. The van der Waals surface area contributed by atoms with Gasteiger partial charge in [-0.05, 0) is 25.5 Å². The van der Waals surface area contributed by atoms with E-state index in [4.69, 9.17) is 0 Å². The Morgan fingerprint density at radius 2 is 1.89 bits per heavy atom. The van der Waals surface area contributed by atoms with Gasteiger partial charge < -0.3 is 10.2 Å². The summed E-state index contributed by atoms with van der Waals surface area (Å²) in [6, 6.07) is 12.8. The molecular weight excluding hydrogens is 236 g/mol. The highest BCUT2D eigenvalue weighted by atomic mass is 15.2. The Morgan fingerprint density at radius 1 is 1.16 bits per heavy atom. The number of nitrogens with zero attached hydrogens (tertiary/aromatic N) is 3. The first-order valence-electron chi connectivity index (χ1n) is 6.52. The van der Waals surface area contributed by atoms with E-state index in [1.807, 2.05) is 19.2 Å². The van der Waals surface area contributed by atoms with Crippen molar-refractivity contribution >= 4 is 11.8 Å². The van der Waals surface area contributed by atoms with Gasteiger partial charge >= 0.3 is 0 Å². The van der Waals surface area contributed by atoms with E-state index in [1.54, 1.807) is 6.20 Å². The first-order valence-corrected chi connectivity index (χ1v) is 6.52. The molecule has 1 heterocycles. The van der Waals surface area contributed by atoms with Crippen LogP contribution < -0.4 is 10.2 Å². The normalized spacial score (nSPS) is 10.5. The minimum Gasteiger partial charge on any atom is -0.357 e. The van der Waals surface area contributed by atoms with E-state index in [-0.39, 0.29) is 0 Å². The van der Waals surface area contributed by atoms with Gasteiger partial charge in [0.25, 0.3) is 0 Å². The van der Waals surface area contributed by atoms with Crippen LogP contribution in [0.2, 0.25) is 0 Å². The number of nitrogens with one attached hydrogen (secondary N) is 1. The second kappa shape index (κ2) is 6.18. The molecule has 0 unspecified atom stereocenters. The van der Waals surface area contributed by atoms with Crippen LogP contribution in [-0.2, 0) is 6.54 Å². The molecule has 0 atom stereocenters. The molecular formula is C15H20N4. The summed E-state index contributed by atoms with van der Waals surface area (Å²) in [4.78, 5) is 10.9. The Bertz CT molecular complexity index is 511. The highest BCUT2D eigenvalue weighted by Crippen LogP contribution is 2.18. The Balaban J connectivity index is 2.24. The second-order valence-electron chi connectivity index (χ2n) is 4.70. The van der Waals surface area contributed by atoms with E-state index < -0.39 is 0 Å². The van der Waals surface area contributed by atoms with Crippen LogP contribution in [0, 0.1) is 0 Å². The molecule has 0 aliphatic carbocycles. The van der Waals surface area contributed by atoms with Gasteiger partial charge in [-0.2, -0.15) is 4.98 Å². The number of aromatic nitrogens is 2. The first kappa shape index (κ1) is 13.3. The van der Waals surface area contributed by atoms with E-state index in [1.165, 1.54) is 5.56 Å². The lowest BCUT2D eigenvalue weighted by atomic mass is 10.2. The molecule has 4 nitrogen and oxygen atoms in total. The lowest BCUT2D eigenvalue weighted by Crippen LogP contribution is -2.31. The van der Waals surface area contributed by atoms with E-state index in [2.05, 4.69) is 58.3 Å². The van der Waals surface area contributed by atoms with Crippen molar-refractivity contribution in [2.75, 3.05) is 17.3 Å². The van der Waals surface area contributed by atoms with Gasteiger partial charge in [-0.25, -0.2) is 4.98 Å². The summed E-state index contributed by atoms with van der Waals surface area (Å²) in [5.74, 6) is 1.59. The maximum Gasteiger partial charge on any atom is 0.224 e. The standard InChI is InChI=1S/C15H20N4/c1-12(2)19(11-13-7-5-4-6-8-13)14-9-10-17-15(16-3)18-14/h4-10,12H,11H2,1-3H3,(H,16,17,18). The van der Waals surface area contributed by atoms with Gasteiger partial charge in [0, 0.05) is 25.8 Å². The lowest BCUT2D eigenvalue weighted by molar-refractivity contribution is 0.672. The molecule has 0 fully saturated rings. The SMILES string of the molecule is CNc1nccc(N(Cc2ccccc2)C(C)C)n1. The number of rotatable bonds is 5. The van der Waals surface area contributed by atoms with Gasteiger partial charge in [-0.3, -0.25) is 0 Å². The molecule has 0 aliphatic heterocycles. The molecule has 100 valence electrons. The van der Waals surface area contributed by atoms with Crippen molar-refractivity contribution in [1.29, 1.82) is 0 Å². The molecule has 1 aromatic heterocycles. The Hall–Kier alpha value is -2.10. The Labute approximate surface area is 114 Å². The second-order valence-corrected chi connectivity index (χ2v) is 4.70. The van der Waals surface area contributed by atoms with Gasteiger partial charge in [0.2, 0.25) is 5.95 Å². The molecule has 0 amide bonds. The van der Waals surface area contributed by atoms with Crippen LogP contribution in [-0.4, -0.2) is 23.1 Å². The zero-order chi connectivity index (χ0) is 13.7. The Morgan fingerprint density at radius 3 is 2.53 bits per heavy atom. The van der Waals surface area contributed by atoms with Crippen molar-refractivity contribution < 1.29 is 0 Å². The number of hydrogen-bond acceptors (Lipinski definition) is 4. The van der Waals surface area contributed by atoms with Gasteiger partial charge in [-0.1, -0.05) is 30.3 Å². The molecule has 0 bridgehead atoms. The summed E-state index contributed by atoms with van der Waals surface area (Å²) >= 11 is 0. The molecule has 2 aromatic rings. The molecule has 0 saturated heterocycles. The minimum atomic E-state index is 0.375. The van der Waals surface area contributed by atoms with Crippen LogP contribution >= 0.6 is 0 Å². The van der Waals surface area contributed by atoms with Crippen molar-refractivity contribution in [3.05, 3.63) is 48.2 Å². The highest BCUT2D eigenvalue weighted by molar-refractivity contribution is 5.43. The van der Waals surface area contributed by atoms with Gasteiger partial charge in [0.05, 0.1) is 0 Å². The van der Waals surface area contributed by atoms with E-state index in [0.29, 0.717) is 12.0 Å². The van der Waals surface area contributed by atoms with Crippen LogP contribution in [0.4, 0.5) is 11.8 Å². The molecule has 0 saturated carbocycles. The van der Waals surface area contributed by atoms with Gasteiger partial charge in [-0.15, -0.1) is 0 Å². The fourth-order valence-corrected chi connectivity index (χ4v) is 1.94. The smallest absolute Gasteiger partial charge is 0.224 e. The highest BCUT2D eigenvalue weighted by Gasteiger charge is 2.13. The summed E-state index contributed by atoms with van der Waals surface area (Å²) in [7, 11) is 1.83. The van der Waals surface area contributed by atoms with Crippen molar-refractivity contribution in [3.63, 3.8) is 0 Å². The third kappa shape index (κ3) is 3.44. The zero-order valence-electron chi connectivity index (χ0n) is 11.7. The molecule has 4 heteroatoms. The molecule has 0 radical (unpaired) electrons. The molecule has 2 rings (SSSR count). The van der Waals surface area contributed by atoms with E-state index in [0.717, 1.165) is 12.4 Å². The predicted octanol–water partition coefficient (Wildman–Crippen LogP) is 2.93. The van der Waals surface area contributed by atoms with Crippen molar-refractivity contribution in [2.24, 2.45) is 0 Å². The molecule has 1 N–H and O–H groups in total. The van der Waals surface area contributed by atoms with Gasteiger partial charge in [0.1, 0.15) is 5.82 Å². The summed E-state index contributed by atoms with van der Waals surface area (Å²) in [5.41, 5.74) is 1.28. The first-order chi connectivity index (χ1) is 9.20. The van der Waals surface area contributed by atoms with Crippen LogP contribution in [0.5, 0.6) is 0 Å². The van der Waals surface area contributed by atoms with Crippen LogP contribution in [0.15, 0.2) is 42.6 Å². The fraction of sp³-hybridized carbons (Fsp3) is 0.333. The third-order valence-corrected chi connectivity index (χ3v) is 2.98. The average Bonchev–Trinajstić information content (AvgIpc) is 2.45. The van der Waals surface area contributed by atoms with Crippen LogP contribution in [0.3, 0.4) is 0 Å². The van der Waals surface area contributed by atoms with E-state index >= 15 is 0 Å². The van der Waals surface area contributed by atoms with Crippen LogP contribution in [0.25, 0.3) is 0 Å². The van der Waals surface area contributed by atoms with E-state index in [9.17, 15) is 0 Å². The monoisotopic (exact) mass is 256 g/mol. The number of hydrogen-bond donors (Lipinski definition) is 1. The summed E-state index contributed by atoms with van der Waals surface area (Å²) in [6.07, 6.45) is 1.79. The summed E-state index contributed by atoms with van der Waals surface area (Å²) in [6.45, 7) is 5.19. The topological polar surface area (TPSA) is 41.1 Å². The number of anilines is 2. The van der Waals surface area contributed by atoms with Crippen LogP contribution in [0.1, 0.15) is 19.4 Å². The molecule has 0 spiro atoms. The quantitative estimate of drug-likeness (QED) is 0.893. The van der Waals surface area contributed by atoms with Gasteiger partial charge in [0.15, 0.2) is 0 Å². The zero-order valence-corrected chi connectivity index (χ0v) is 11.7. The van der Waals surface area contributed by atoms with Crippen molar-refractivity contribution in [2.45, 2.75) is 26.4 Å².